The van der Waals surface area contributed by atoms with Crippen LogP contribution in [0.4, 0.5) is 5.69 Å². The lowest BCUT2D eigenvalue weighted by Gasteiger charge is -2.11. The highest BCUT2D eigenvalue weighted by Gasteiger charge is 2.19. The highest BCUT2D eigenvalue weighted by Crippen LogP contribution is 2.27. The van der Waals surface area contributed by atoms with Gasteiger partial charge in [-0.15, -0.1) is 0 Å². The molecule has 0 aliphatic heterocycles. The monoisotopic (exact) mass is 445 g/mol. The first-order chi connectivity index (χ1) is 14.9. The number of carbonyl (C=O) groups excluding carboxylic acids is 2. The third kappa shape index (κ3) is 6.45. The molecule has 2 aromatic carbocycles. The number of rotatable bonds is 8. The van der Waals surface area contributed by atoms with E-state index in [0.29, 0.717) is 35.9 Å². The number of hydrogen-bond donors (Lipinski definition) is 3. The number of hydrazine groups is 1. The van der Waals surface area contributed by atoms with Crippen LogP contribution in [0.25, 0.3) is 0 Å². The summed E-state index contributed by atoms with van der Waals surface area (Å²) >= 11 is 0. The predicted octanol–water partition coefficient (Wildman–Crippen LogP) is 3.23. The summed E-state index contributed by atoms with van der Waals surface area (Å²) in [6, 6.07) is 12.0. The van der Waals surface area contributed by atoms with E-state index in [2.05, 4.69) is 15.6 Å². The molecule has 3 N–H and O–H groups in total. The lowest BCUT2D eigenvalue weighted by Crippen LogP contribution is -2.42. The Morgan fingerprint density at radius 3 is 2.23 bits per heavy atom. The van der Waals surface area contributed by atoms with E-state index in [4.69, 9.17) is 4.74 Å². The molecule has 0 radical (unpaired) electrons. The van der Waals surface area contributed by atoms with Crippen molar-refractivity contribution in [3.8, 4) is 5.75 Å². The fraction of sp³-hybridized carbons (Fsp3) is 0.364. The molecular formula is C22H27N3O5S. The van der Waals surface area contributed by atoms with Gasteiger partial charge in [0, 0.05) is 17.7 Å². The second-order valence-electron chi connectivity index (χ2n) is 7.44. The van der Waals surface area contributed by atoms with Crippen molar-refractivity contribution >= 4 is 27.5 Å². The van der Waals surface area contributed by atoms with Gasteiger partial charge in [-0.2, -0.15) is 0 Å². The summed E-state index contributed by atoms with van der Waals surface area (Å²) in [6.45, 7) is 2.34. The largest absolute Gasteiger partial charge is 0.494 e. The molecule has 0 aromatic heterocycles. The Morgan fingerprint density at radius 2 is 1.61 bits per heavy atom. The van der Waals surface area contributed by atoms with Crippen LogP contribution >= 0.6 is 0 Å². The van der Waals surface area contributed by atoms with Crippen molar-refractivity contribution in [2.75, 3.05) is 11.3 Å². The van der Waals surface area contributed by atoms with Gasteiger partial charge in [0.2, 0.25) is 5.91 Å². The Labute approximate surface area is 182 Å². The van der Waals surface area contributed by atoms with E-state index in [-0.39, 0.29) is 10.8 Å². The first kappa shape index (κ1) is 22.6. The predicted molar refractivity (Wildman–Crippen MR) is 117 cm³/mol. The second-order valence-corrected chi connectivity index (χ2v) is 9.13. The number of carbonyl (C=O) groups is 2. The molecule has 1 fully saturated rings. The van der Waals surface area contributed by atoms with Gasteiger partial charge in [-0.3, -0.25) is 25.2 Å². The highest BCUT2D eigenvalue weighted by molar-refractivity contribution is 7.92. The van der Waals surface area contributed by atoms with Gasteiger partial charge in [-0.25, -0.2) is 8.42 Å². The van der Waals surface area contributed by atoms with Crippen LogP contribution in [-0.2, 0) is 14.8 Å². The molecule has 1 aliphatic carbocycles. The summed E-state index contributed by atoms with van der Waals surface area (Å²) in [5, 5.41) is 0. The van der Waals surface area contributed by atoms with E-state index >= 15 is 0 Å². The van der Waals surface area contributed by atoms with Gasteiger partial charge in [0.05, 0.1) is 11.5 Å². The lowest BCUT2D eigenvalue weighted by atomic mass is 10.0. The summed E-state index contributed by atoms with van der Waals surface area (Å²) in [4.78, 5) is 24.2. The van der Waals surface area contributed by atoms with Crippen LogP contribution in [0.5, 0.6) is 5.75 Å². The van der Waals surface area contributed by atoms with E-state index in [9.17, 15) is 18.0 Å². The van der Waals surface area contributed by atoms with Gasteiger partial charge in [0.25, 0.3) is 15.9 Å². The molecule has 31 heavy (non-hydrogen) atoms. The average Bonchev–Trinajstić information content (AvgIpc) is 3.26. The number of amides is 2. The van der Waals surface area contributed by atoms with Crippen molar-refractivity contribution in [2.24, 2.45) is 5.92 Å². The van der Waals surface area contributed by atoms with Crippen molar-refractivity contribution in [2.45, 2.75) is 43.9 Å². The minimum absolute atomic E-state index is 0.0998. The van der Waals surface area contributed by atoms with Crippen molar-refractivity contribution in [1.82, 2.24) is 10.9 Å². The van der Waals surface area contributed by atoms with Crippen LogP contribution in [0.2, 0.25) is 0 Å². The standard InChI is InChI=1S/C22H27N3O5S/c1-2-30-19-11-13-20(14-12-19)31(28,29)25-18-9-7-17(8-10-18)22(27)24-23-21(26)15-16-5-3-4-6-16/h7-14,16,25H,2-6,15H2,1H3,(H,23,26)(H,24,27). The molecule has 166 valence electrons. The van der Waals surface area contributed by atoms with Crippen LogP contribution in [0.15, 0.2) is 53.4 Å². The third-order valence-electron chi connectivity index (χ3n) is 5.11. The number of nitrogens with one attached hydrogen (secondary N) is 3. The van der Waals surface area contributed by atoms with E-state index in [1.807, 2.05) is 6.92 Å². The van der Waals surface area contributed by atoms with E-state index in [0.717, 1.165) is 25.7 Å². The minimum Gasteiger partial charge on any atom is -0.494 e. The van der Waals surface area contributed by atoms with Crippen molar-refractivity contribution in [1.29, 1.82) is 0 Å². The quantitative estimate of drug-likeness (QED) is 0.540. The maximum absolute atomic E-state index is 12.5. The van der Waals surface area contributed by atoms with Crippen LogP contribution in [0, 0.1) is 5.92 Å². The van der Waals surface area contributed by atoms with Crippen LogP contribution in [0.3, 0.4) is 0 Å². The number of hydrogen-bond acceptors (Lipinski definition) is 5. The summed E-state index contributed by atoms with van der Waals surface area (Å²) in [7, 11) is -3.77. The number of sulfonamides is 1. The maximum atomic E-state index is 12.5. The van der Waals surface area contributed by atoms with E-state index < -0.39 is 15.9 Å². The Kier molecular flexibility index (Phi) is 7.51. The normalized spacial score (nSPS) is 14.1. The molecule has 1 aliphatic rings. The number of benzene rings is 2. The van der Waals surface area contributed by atoms with Gasteiger partial charge >= 0.3 is 0 Å². The van der Waals surface area contributed by atoms with Crippen LogP contribution in [-0.4, -0.2) is 26.8 Å². The molecule has 8 nitrogen and oxygen atoms in total. The molecule has 2 aromatic rings. The van der Waals surface area contributed by atoms with E-state index in [1.165, 1.54) is 36.4 Å². The molecular weight excluding hydrogens is 418 g/mol. The molecule has 1 saturated carbocycles. The first-order valence-corrected chi connectivity index (χ1v) is 11.8. The molecule has 0 atom stereocenters. The van der Waals surface area contributed by atoms with Gasteiger partial charge in [0.1, 0.15) is 5.75 Å². The lowest BCUT2D eigenvalue weighted by molar-refractivity contribution is -0.122. The summed E-state index contributed by atoms with van der Waals surface area (Å²) in [5.41, 5.74) is 5.44. The smallest absolute Gasteiger partial charge is 0.269 e. The summed E-state index contributed by atoms with van der Waals surface area (Å²) in [6.07, 6.45) is 4.81. The zero-order chi connectivity index (χ0) is 22.3. The average molecular weight is 446 g/mol. The SMILES string of the molecule is CCOc1ccc(S(=O)(=O)Nc2ccc(C(=O)NNC(=O)CC3CCCC3)cc2)cc1. The second kappa shape index (κ2) is 10.3. The Hall–Kier alpha value is -3.07. The Morgan fingerprint density at radius 1 is 0.968 bits per heavy atom. The third-order valence-corrected chi connectivity index (χ3v) is 6.51. The molecule has 0 saturated heterocycles. The van der Waals surface area contributed by atoms with Crippen molar-refractivity contribution in [3.63, 3.8) is 0 Å². The molecule has 0 unspecified atom stereocenters. The Bertz CT molecular complexity index is 998. The van der Waals surface area contributed by atoms with Crippen molar-refractivity contribution < 1.29 is 22.7 Å². The molecule has 0 heterocycles. The van der Waals surface area contributed by atoms with Crippen LogP contribution < -0.4 is 20.3 Å². The summed E-state index contributed by atoms with van der Waals surface area (Å²) in [5.74, 6) is 0.299. The molecule has 0 bridgehead atoms. The highest BCUT2D eigenvalue weighted by atomic mass is 32.2. The molecule has 0 spiro atoms. The fourth-order valence-corrected chi connectivity index (χ4v) is 4.57. The number of anilines is 1. The van der Waals surface area contributed by atoms with Gasteiger partial charge in [0.15, 0.2) is 0 Å². The van der Waals surface area contributed by atoms with Gasteiger partial charge in [-0.05, 0) is 74.2 Å². The van der Waals surface area contributed by atoms with Gasteiger partial charge in [-0.1, -0.05) is 12.8 Å². The molecule has 9 heteroatoms. The molecule has 2 amide bonds. The minimum atomic E-state index is -3.77. The topological polar surface area (TPSA) is 114 Å². The number of ether oxygens (including phenoxy) is 1. The van der Waals surface area contributed by atoms with Crippen LogP contribution in [0.1, 0.15) is 49.4 Å². The Balaban J connectivity index is 1.53. The first-order valence-electron chi connectivity index (χ1n) is 10.3. The van der Waals surface area contributed by atoms with E-state index in [1.54, 1.807) is 12.1 Å². The zero-order valence-electron chi connectivity index (χ0n) is 17.4. The zero-order valence-corrected chi connectivity index (χ0v) is 18.2. The molecule has 3 rings (SSSR count). The summed E-state index contributed by atoms with van der Waals surface area (Å²) < 4.78 is 32.8. The van der Waals surface area contributed by atoms with Gasteiger partial charge < -0.3 is 4.74 Å². The maximum Gasteiger partial charge on any atom is 0.269 e. The fourth-order valence-electron chi connectivity index (χ4n) is 3.51. The van der Waals surface area contributed by atoms with Crippen molar-refractivity contribution in [3.05, 3.63) is 54.1 Å².